The fraction of sp³-hybridized carbons (Fsp3) is 0.0500. The van der Waals surface area contributed by atoms with Crippen LogP contribution in [-0.4, -0.2) is 0 Å². The van der Waals surface area contributed by atoms with Crippen LogP contribution in [0.1, 0.15) is 22.3 Å². The SMILES string of the molecule is Cc1c(S)ccc(N(c2ccccc2/C=C/c2ccccc2)c2ccc(S)c(C)c2-c2ccccc2)c1-c1ccccc1. The van der Waals surface area contributed by atoms with Gasteiger partial charge in [0.05, 0.1) is 17.1 Å². The smallest absolute Gasteiger partial charge is 0.0544 e. The lowest BCUT2D eigenvalue weighted by atomic mass is 9.93. The van der Waals surface area contributed by atoms with Crippen molar-refractivity contribution in [2.45, 2.75) is 23.6 Å². The van der Waals surface area contributed by atoms with Crippen LogP contribution in [0.5, 0.6) is 0 Å². The first-order valence-electron chi connectivity index (χ1n) is 14.4. The molecule has 0 N–H and O–H groups in total. The molecule has 0 amide bonds. The van der Waals surface area contributed by atoms with E-state index in [1.807, 2.05) is 6.07 Å². The number of anilines is 3. The van der Waals surface area contributed by atoms with Crippen molar-refractivity contribution in [1.82, 2.24) is 0 Å². The van der Waals surface area contributed by atoms with Gasteiger partial charge in [-0.1, -0.05) is 121 Å². The van der Waals surface area contributed by atoms with Crippen molar-refractivity contribution in [2.24, 2.45) is 0 Å². The molecular formula is C40H33NS2. The van der Waals surface area contributed by atoms with E-state index in [9.17, 15) is 0 Å². The Kier molecular flexibility index (Phi) is 8.55. The van der Waals surface area contributed by atoms with Crippen molar-refractivity contribution in [3.05, 3.63) is 162 Å². The summed E-state index contributed by atoms with van der Waals surface area (Å²) in [5.41, 5.74) is 12.4. The molecule has 0 atom stereocenters. The van der Waals surface area contributed by atoms with Gasteiger partial charge in [-0.3, -0.25) is 0 Å². The molecule has 0 heterocycles. The molecule has 0 aliphatic heterocycles. The Bertz CT molecular complexity index is 1800. The predicted octanol–water partition coefficient (Wildman–Crippen LogP) is 11.9. The molecule has 6 aromatic carbocycles. The molecule has 0 fully saturated rings. The minimum Gasteiger partial charge on any atom is -0.309 e. The molecule has 0 bridgehead atoms. The molecule has 6 aromatic rings. The van der Waals surface area contributed by atoms with Gasteiger partial charge in [0.15, 0.2) is 0 Å². The Hall–Kier alpha value is -4.44. The fourth-order valence-electron chi connectivity index (χ4n) is 5.66. The van der Waals surface area contributed by atoms with Gasteiger partial charge in [0.2, 0.25) is 0 Å². The van der Waals surface area contributed by atoms with Crippen molar-refractivity contribution in [3.8, 4) is 22.3 Å². The molecule has 0 saturated carbocycles. The minimum absolute atomic E-state index is 0.963. The second kappa shape index (κ2) is 12.8. The number of rotatable bonds is 7. The zero-order valence-corrected chi connectivity index (χ0v) is 26.1. The summed E-state index contributed by atoms with van der Waals surface area (Å²) in [4.78, 5) is 4.34. The Balaban J connectivity index is 1.68. The van der Waals surface area contributed by atoms with Crippen LogP contribution in [0.4, 0.5) is 17.1 Å². The summed E-state index contributed by atoms with van der Waals surface area (Å²) in [7, 11) is 0. The molecule has 0 spiro atoms. The number of hydrogen-bond acceptors (Lipinski definition) is 3. The van der Waals surface area contributed by atoms with E-state index in [2.05, 4.69) is 164 Å². The quantitative estimate of drug-likeness (QED) is 0.138. The summed E-state index contributed by atoms with van der Waals surface area (Å²) in [6.07, 6.45) is 4.39. The largest absolute Gasteiger partial charge is 0.309 e. The zero-order chi connectivity index (χ0) is 29.8. The normalized spacial score (nSPS) is 11.2. The van der Waals surface area contributed by atoms with E-state index >= 15 is 0 Å². The van der Waals surface area contributed by atoms with E-state index in [-0.39, 0.29) is 0 Å². The van der Waals surface area contributed by atoms with Gasteiger partial charge in [-0.25, -0.2) is 0 Å². The molecule has 0 saturated heterocycles. The second-order valence-corrected chi connectivity index (χ2v) is 11.5. The van der Waals surface area contributed by atoms with Gasteiger partial charge in [-0.2, -0.15) is 0 Å². The minimum atomic E-state index is 0.963. The maximum atomic E-state index is 4.87. The summed E-state index contributed by atoms with van der Waals surface area (Å²) in [6.45, 7) is 4.32. The summed E-state index contributed by atoms with van der Waals surface area (Å²) in [5.74, 6) is 0. The standard InChI is InChI=1S/C40H33NS2/c1-28-37(42)26-24-35(39(28)32-17-8-4-9-18-32)41(34-21-13-12-16-31(34)23-22-30-14-6-3-7-15-30)36-25-27-38(43)29(2)40(36)33-19-10-5-11-20-33/h3-27,42-43H,1-2H3/b23-22+. The van der Waals surface area contributed by atoms with Crippen molar-refractivity contribution in [2.75, 3.05) is 4.90 Å². The van der Waals surface area contributed by atoms with Crippen LogP contribution in [0.15, 0.2) is 149 Å². The van der Waals surface area contributed by atoms with Gasteiger partial charge in [-0.15, -0.1) is 25.3 Å². The zero-order valence-electron chi connectivity index (χ0n) is 24.3. The van der Waals surface area contributed by atoms with Crippen molar-refractivity contribution in [1.29, 1.82) is 0 Å². The van der Waals surface area contributed by atoms with Crippen LogP contribution in [0.3, 0.4) is 0 Å². The van der Waals surface area contributed by atoms with Crippen molar-refractivity contribution < 1.29 is 0 Å². The summed E-state index contributed by atoms with van der Waals surface area (Å²) >= 11 is 9.74. The van der Waals surface area contributed by atoms with Gasteiger partial charge >= 0.3 is 0 Å². The highest BCUT2D eigenvalue weighted by atomic mass is 32.1. The van der Waals surface area contributed by atoms with E-state index < -0.39 is 0 Å². The summed E-state index contributed by atoms with van der Waals surface area (Å²) < 4.78 is 0. The third kappa shape index (κ3) is 5.92. The maximum Gasteiger partial charge on any atom is 0.0544 e. The first-order valence-corrected chi connectivity index (χ1v) is 15.3. The topological polar surface area (TPSA) is 3.24 Å². The number of benzene rings is 6. The first-order chi connectivity index (χ1) is 21.0. The Labute approximate surface area is 266 Å². The molecule has 6 rings (SSSR count). The van der Waals surface area contributed by atoms with E-state index in [0.717, 1.165) is 71.4 Å². The van der Waals surface area contributed by atoms with Gasteiger partial charge < -0.3 is 4.90 Å². The summed E-state index contributed by atoms with van der Waals surface area (Å²) in [5, 5.41) is 0. The highest BCUT2D eigenvalue weighted by molar-refractivity contribution is 7.80. The molecule has 0 aliphatic rings. The number of para-hydroxylation sites is 1. The van der Waals surface area contributed by atoms with Crippen LogP contribution in [0.2, 0.25) is 0 Å². The lowest BCUT2D eigenvalue weighted by Crippen LogP contribution is -2.15. The molecule has 0 unspecified atom stereocenters. The van der Waals surface area contributed by atoms with E-state index in [1.54, 1.807) is 0 Å². The highest BCUT2D eigenvalue weighted by Crippen LogP contribution is 2.49. The lowest BCUT2D eigenvalue weighted by molar-refractivity contribution is 1.21. The number of nitrogens with zero attached hydrogens (tertiary/aromatic N) is 1. The van der Waals surface area contributed by atoms with Gasteiger partial charge in [0.25, 0.3) is 0 Å². The van der Waals surface area contributed by atoms with Crippen LogP contribution < -0.4 is 4.90 Å². The third-order valence-corrected chi connectivity index (χ3v) is 8.84. The average molecular weight is 592 g/mol. The van der Waals surface area contributed by atoms with Gasteiger partial charge in [0, 0.05) is 20.9 Å². The maximum absolute atomic E-state index is 4.87. The van der Waals surface area contributed by atoms with E-state index in [4.69, 9.17) is 25.3 Å². The monoisotopic (exact) mass is 591 g/mol. The molecule has 0 radical (unpaired) electrons. The van der Waals surface area contributed by atoms with Gasteiger partial charge in [-0.05, 0) is 77.6 Å². The van der Waals surface area contributed by atoms with E-state index in [0.29, 0.717) is 0 Å². The molecule has 3 heteroatoms. The molecule has 0 aromatic heterocycles. The Morgan fingerprint density at radius 3 is 1.40 bits per heavy atom. The predicted molar refractivity (Wildman–Crippen MR) is 191 cm³/mol. The van der Waals surface area contributed by atoms with Crippen LogP contribution in [0, 0.1) is 13.8 Å². The Morgan fingerprint density at radius 2 is 0.884 bits per heavy atom. The Morgan fingerprint density at radius 1 is 0.442 bits per heavy atom. The second-order valence-electron chi connectivity index (χ2n) is 10.6. The molecule has 0 aliphatic carbocycles. The average Bonchev–Trinajstić information content (AvgIpc) is 3.05. The number of thiol groups is 2. The molecule has 210 valence electrons. The first kappa shape index (κ1) is 28.7. The number of hydrogen-bond donors (Lipinski definition) is 2. The summed E-state index contributed by atoms with van der Waals surface area (Å²) in [6, 6.07) is 48.9. The van der Waals surface area contributed by atoms with Crippen molar-refractivity contribution >= 4 is 54.5 Å². The van der Waals surface area contributed by atoms with Crippen LogP contribution >= 0.6 is 25.3 Å². The fourth-order valence-corrected chi connectivity index (χ4v) is 6.03. The van der Waals surface area contributed by atoms with Crippen LogP contribution in [0.25, 0.3) is 34.4 Å². The van der Waals surface area contributed by atoms with Crippen LogP contribution in [-0.2, 0) is 0 Å². The third-order valence-electron chi connectivity index (χ3n) is 7.87. The van der Waals surface area contributed by atoms with Gasteiger partial charge in [0.1, 0.15) is 0 Å². The molecule has 1 nitrogen and oxygen atoms in total. The highest BCUT2D eigenvalue weighted by Gasteiger charge is 2.25. The van der Waals surface area contributed by atoms with E-state index in [1.165, 1.54) is 0 Å². The van der Waals surface area contributed by atoms with Crippen molar-refractivity contribution in [3.63, 3.8) is 0 Å². The molecular weight excluding hydrogens is 559 g/mol. The lowest BCUT2D eigenvalue weighted by Gasteiger charge is -2.33. The molecule has 43 heavy (non-hydrogen) atoms.